The second-order valence-corrected chi connectivity index (χ2v) is 4.51. The monoisotopic (exact) mass is 394 g/mol. The Morgan fingerprint density at radius 2 is 2.00 bits per heavy atom. The fraction of sp³-hybridized carbons (Fsp3) is 0.143. The number of halogens is 3. The number of aromatic hydroxyl groups is 1. The quantitative estimate of drug-likeness (QED) is 0.572. The summed E-state index contributed by atoms with van der Waals surface area (Å²) in [6.45, 7) is 0. The molecule has 0 atom stereocenters. The first-order valence-electron chi connectivity index (χ1n) is 2.88. The SMILES string of the molecule is Oc1c(I)ccc(CCl)c1I. The van der Waals surface area contributed by atoms with Crippen LogP contribution in [0.2, 0.25) is 0 Å². The number of rotatable bonds is 1. The van der Waals surface area contributed by atoms with E-state index in [2.05, 4.69) is 45.2 Å². The Morgan fingerprint density at radius 3 is 2.55 bits per heavy atom. The first kappa shape index (κ1) is 9.85. The fourth-order valence-electron chi connectivity index (χ4n) is 0.686. The summed E-state index contributed by atoms with van der Waals surface area (Å²) in [7, 11) is 0. The summed E-state index contributed by atoms with van der Waals surface area (Å²) in [6.07, 6.45) is 0. The van der Waals surface area contributed by atoms with Crippen LogP contribution in [0.15, 0.2) is 12.1 Å². The Kier molecular flexibility index (Phi) is 3.70. The summed E-state index contributed by atoms with van der Waals surface area (Å²) in [4.78, 5) is 0. The van der Waals surface area contributed by atoms with E-state index in [-0.39, 0.29) is 0 Å². The second-order valence-electron chi connectivity index (χ2n) is 2.00. The zero-order chi connectivity index (χ0) is 8.43. The third-order valence-electron chi connectivity index (χ3n) is 1.29. The van der Waals surface area contributed by atoms with Gasteiger partial charge in [0.2, 0.25) is 0 Å². The molecule has 4 heteroatoms. The maximum Gasteiger partial charge on any atom is 0.142 e. The predicted molar refractivity (Wildman–Crippen MR) is 63.1 cm³/mol. The average Bonchev–Trinajstić information content (AvgIpc) is 2.01. The molecule has 1 aromatic carbocycles. The molecule has 0 saturated carbocycles. The predicted octanol–water partition coefficient (Wildman–Crippen LogP) is 3.34. The molecule has 0 bridgehead atoms. The zero-order valence-corrected chi connectivity index (χ0v) is 10.5. The zero-order valence-electron chi connectivity index (χ0n) is 5.44. The molecule has 0 aromatic heterocycles. The molecule has 1 nitrogen and oxygen atoms in total. The van der Waals surface area contributed by atoms with Crippen molar-refractivity contribution in [2.75, 3.05) is 0 Å². The van der Waals surface area contributed by atoms with Gasteiger partial charge < -0.3 is 5.11 Å². The highest BCUT2D eigenvalue weighted by molar-refractivity contribution is 14.1. The number of phenolic OH excluding ortho intramolecular Hbond substituents is 1. The maximum absolute atomic E-state index is 9.44. The van der Waals surface area contributed by atoms with Gasteiger partial charge in [0, 0.05) is 5.88 Å². The van der Waals surface area contributed by atoms with Crippen molar-refractivity contribution in [3.8, 4) is 5.75 Å². The van der Waals surface area contributed by atoms with E-state index in [4.69, 9.17) is 11.6 Å². The normalized spacial score (nSPS) is 10.1. The van der Waals surface area contributed by atoms with Gasteiger partial charge in [-0.05, 0) is 56.8 Å². The number of phenols is 1. The van der Waals surface area contributed by atoms with Crippen LogP contribution in [0.5, 0.6) is 5.75 Å². The minimum absolute atomic E-state index is 0.337. The number of hydrogen-bond acceptors (Lipinski definition) is 1. The van der Waals surface area contributed by atoms with Gasteiger partial charge in [0.1, 0.15) is 5.75 Å². The molecule has 0 aliphatic carbocycles. The molecule has 11 heavy (non-hydrogen) atoms. The van der Waals surface area contributed by atoms with Crippen molar-refractivity contribution >= 4 is 56.8 Å². The van der Waals surface area contributed by atoms with Gasteiger partial charge in [-0.1, -0.05) is 6.07 Å². The lowest BCUT2D eigenvalue weighted by Gasteiger charge is -2.03. The summed E-state index contributed by atoms with van der Waals surface area (Å²) < 4.78 is 1.71. The summed E-state index contributed by atoms with van der Waals surface area (Å²) in [5, 5.41) is 9.44. The van der Waals surface area contributed by atoms with E-state index < -0.39 is 0 Å². The van der Waals surface area contributed by atoms with Crippen molar-refractivity contribution in [1.82, 2.24) is 0 Å². The minimum Gasteiger partial charge on any atom is -0.506 e. The number of benzene rings is 1. The Labute approximate surface area is 97.4 Å². The fourth-order valence-corrected chi connectivity index (χ4v) is 2.76. The second kappa shape index (κ2) is 4.13. The number of hydrogen-bond donors (Lipinski definition) is 1. The van der Waals surface area contributed by atoms with E-state index in [0.717, 1.165) is 12.7 Å². The minimum atomic E-state index is 0.337. The highest BCUT2D eigenvalue weighted by Gasteiger charge is 2.06. The molecule has 0 amide bonds. The molecular weight excluding hydrogens is 389 g/mol. The Hall–Kier alpha value is 0.770. The molecule has 1 aromatic rings. The third-order valence-corrected chi connectivity index (χ3v) is 3.65. The topological polar surface area (TPSA) is 20.2 Å². The lowest BCUT2D eigenvalue weighted by molar-refractivity contribution is 0.467. The van der Waals surface area contributed by atoms with Crippen molar-refractivity contribution in [1.29, 1.82) is 0 Å². The Bertz CT molecular complexity index is 275. The lowest BCUT2D eigenvalue weighted by atomic mass is 10.2. The largest absolute Gasteiger partial charge is 0.506 e. The molecule has 0 saturated heterocycles. The van der Waals surface area contributed by atoms with Gasteiger partial charge in [-0.3, -0.25) is 0 Å². The highest BCUT2D eigenvalue weighted by atomic mass is 127. The van der Waals surface area contributed by atoms with E-state index in [1.807, 2.05) is 12.1 Å². The Balaban J connectivity index is 3.25. The summed E-state index contributed by atoms with van der Waals surface area (Å²) in [6, 6.07) is 3.78. The van der Waals surface area contributed by atoms with Gasteiger partial charge in [0.25, 0.3) is 0 Å². The molecule has 0 unspecified atom stereocenters. The lowest BCUT2D eigenvalue weighted by Crippen LogP contribution is -1.86. The molecule has 0 aliphatic rings. The molecule has 0 radical (unpaired) electrons. The molecule has 0 heterocycles. The van der Waals surface area contributed by atoms with Crippen LogP contribution in [-0.4, -0.2) is 5.11 Å². The van der Waals surface area contributed by atoms with Crippen molar-refractivity contribution < 1.29 is 5.11 Å². The van der Waals surface area contributed by atoms with Gasteiger partial charge in [-0.15, -0.1) is 11.6 Å². The van der Waals surface area contributed by atoms with Crippen LogP contribution in [0.4, 0.5) is 0 Å². The van der Waals surface area contributed by atoms with Gasteiger partial charge in [-0.2, -0.15) is 0 Å². The number of alkyl halides is 1. The van der Waals surface area contributed by atoms with Crippen molar-refractivity contribution in [2.24, 2.45) is 0 Å². The van der Waals surface area contributed by atoms with Gasteiger partial charge >= 0.3 is 0 Å². The van der Waals surface area contributed by atoms with E-state index in [9.17, 15) is 5.11 Å². The van der Waals surface area contributed by atoms with E-state index in [1.165, 1.54) is 0 Å². The molecule has 0 aliphatic heterocycles. The first-order valence-corrected chi connectivity index (χ1v) is 5.58. The van der Waals surface area contributed by atoms with Gasteiger partial charge in [0.15, 0.2) is 0 Å². The van der Waals surface area contributed by atoms with E-state index >= 15 is 0 Å². The highest BCUT2D eigenvalue weighted by Crippen LogP contribution is 2.29. The third kappa shape index (κ3) is 2.12. The van der Waals surface area contributed by atoms with Crippen LogP contribution in [0.1, 0.15) is 5.56 Å². The average molecular weight is 394 g/mol. The van der Waals surface area contributed by atoms with Gasteiger partial charge in [0.05, 0.1) is 7.14 Å². The van der Waals surface area contributed by atoms with Crippen LogP contribution in [0, 0.1) is 7.14 Å². The van der Waals surface area contributed by atoms with Crippen LogP contribution < -0.4 is 0 Å². The maximum atomic E-state index is 9.44. The first-order chi connectivity index (χ1) is 5.16. The van der Waals surface area contributed by atoms with Crippen LogP contribution in [0.25, 0.3) is 0 Å². The van der Waals surface area contributed by atoms with Crippen LogP contribution in [0.3, 0.4) is 0 Å². The van der Waals surface area contributed by atoms with E-state index in [1.54, 1.807) is 0 Å². The smallest absolute Gasteiger partial charge is 0.142 e. The molecule has 0 spiro atoms. The van der Waals surface area contributed by atoms with Crippen molar-refractivity contribution in [2.45, 2.75) is 5.88 Å². The molecule has 1 rings (SSSR count). The molecular formula is C7H5ClI2O. The molecule has 0 fully saturated rings. The Morgan fingerprint density at radius 1 is 1.36 bits per heavy atom. The van der Waals surface area contributed by atoms with Crippen molar-refractivity contribution in [3.63, 3.8) is 0 Å². The van der Waals surface area contributed by atoms with Crippen LogP contribution in [-0.2, 0) is 5.88 Å². The van der Waals surface area contributed by atoms with Crippen molar-refractivity contribution in [3.05, 3.63) is 24.8 Å². The summed E-state index contributed by atoms with van der Waals surface area (Å²) >= 11 is 9.81. The summed E-state index contributed by atoms with van der Waals surface area (Å²) in [5.74, 6) is 0.785. The molecule has 1 N–H and O–H groups in total. The standard InChI is InChI=1S/C7H5ClI2O/c8-3-4-1-2-5(9)7(11)6(4)10/h1-2,11H,3H2. The van der Waals surface area contributed by atoms with E-state index in [0.29, 0.717) is 11.6 Å². The van der Waals surface area contributed by atoms with Gasteiger partial charge in [-0.25, -0.2) is 0 Å². The molecule has 60 valence electrons. The van der Waals surface area contributed by atoms with Crippen LogP contribution >= 0.6 is 56.8 Å². The summed E-state index contributed by atoms with van der Waals surface area (Å²) in [5.41, 5.74) is 0.977.